The molecule has 0 fully saturated rings. The third-order valence-electron chi connectivity index (χ3n) is 2.45. The minimum Gasteiger partial charge on any atom is -0.439 e. The Morgan fingerprint density at radius 1 is 1.37 bits per heavy atom. The fourth-order valence-corrected chi connectivity index (χ4v) is 1.52. The number of nitro benzene ring substituents is 1. The van der Waals surface area contributed by atoms with E-state index in [-0.39, 0.29) is 5.69 Å². The number of pyridine rings is 1. The molecule has 1 heterocycles. The van der Waals surface area contributed by atoms with Crippen LogP contribution in [0.25, 0.3) is 0 Å². The summed E-state index contributed by atoms with van der Waals surface area (Å²) < 4.78 is 5.45. The topological polar surface area (TPSA) is 89.0 Å². The molecule has 0 N–H and O–H groups in total. The first-order chi connectivity index (χ1) is 9.10. The number of ether oxygens (including phenoxy) is 1. The average molecular weight is 255 g/mol. The molecule has 2 rings (SSSR count). The molecule has 1 aromatic carbocycles. The zero-order valence-corrected chi connectivity index (χ0v) is 10.0. The highest BCUT2D eigenvalue weighted by molar-refractivity contribution is 5.45. The van der Waals surface area contributed by atoms with E-state index in [0.29, 0.717) is 22.8 Å². The molecule has 1 aromatic heterocycles. The maximum atomic E-state index is 10.7. The van der Waals surface area contributed by atoms with Gasteiger partial charge >= 0.3 is 0 Å². The number of nitrogens with zero attached hydrogens (tertiary/aromatic N) is 3. The fourth-order valence-electron chi connectivity index (χ4n) is 1.52. The van der Waals surface area contributed by atoms with Gasteiger partial charge in [-0.05, 0) is 25.1 Å². The predicted molar refractivity (Wildman–Crippen MR) is 66.9 cm³/mol. The molecular weight excluding hydrogens is 246 g/mol. The molecule has 0 radical (unpaired) electrons. The molecule has 6 heteroatoms. The van der Waals surface area contributed by atoms with E-state index in [4.69, 9.17) is 10.00 Å². The smallest absolute Gasteiger partial charge is 0.272 e. The lowest BCUT2D eigenvalue weighted by Crippen LogP contribution is -1.93. The summed E-state index contributed by atoms with van der Waals surface area (Å²) in [5.74, 6) is 0.785. The van der Waals surface area contributed by atoms with Crippen molar-refractivity contribution in [3.05, 3.63) is 57.8 Å². The molecule has 0 atom stereocenters. The molecular formula is C13H9N3O3. The quantitative estimate of drug-likeness (QED) is 0.621. The van der Waals surface area contributed by atoms with Crippen LogP contribution in [0.3, 0.4) is 0 Å². The Morgan fingerprint density at radius 2 is 2.16 bits per heavy atom. The molecule has 0 unspecified atom stereocenters. The van der Waals surface area contributed by atoms with Gasteiger partial charge in [0.1, 0.15) is 11.8 Å². The standard InChI is InChI=1S/C13H9N3O3/c1-9-6-11(3-4-12(9)16(17)18)19-13-5-2-10(7-14)8-15-13/h2-6,8H,1H3. The third kappa shape index (κ3) is 2.84. The summed E-state index contributed by atoms with van der Waals surface area (Å²) in [5, 5.41) is 19.3. The molecule has 6 nitrogen and oxygen atoms in total. The van der Waals surface area contributed by atoms with Crippen molar-refractivity contribution < 1.29 is 9.66 Å². The van der Waals surface area contributed by atoms with Crippen molar-refractivity contribution in [2.45, 2.75) is 6.92 Å². The van der Waals surface area contributed by atoms with Gasteiger partial charge in [-0.1, -0.05) is 0 Å². The van der Waals surface area contributed by atoms with Crippen LogP contribution < -0.4 is 4.74 Å². The van der Waals surface area contributed by atoms with Gasteiger partial charge < -0.3 is 4.74 Å². The Kier molecular flexibility index (Phi) is 3.39. The number of aromatic nitrogens is 1. The molecule has 94 valence electrons. The van der Waals surface area contributed by atoms with Gasteiger partial charge in [-0.25, -0.2) is 4.98 Å². The zero-order valence-electron chi connectivity index (χ0n) is 10.0. The fraction of sp³-hybridized carbons (Fsp3) is 0.0769. The van der Waals surface area contributed by atoms with Gasteiger partial charge in [0.2, 0.25) is 5.88 Å². The molecule has 0 saturated carbocycles. The second kappa shape index (κ2) is 5.14. The van der Waals surface area contributed by atoms with E-state index in [9.17, 15) is 10.1 Å². The van der Waals surface area contributed by atoms with Crippen molar-refractivity contribution in [2.24, 2.45) is 0 Å². The number of hydrogen-bond acceptors (Lipinski definition) is 5. The maximum absolute atomic E-state index is 10.7. The minimum atomic E-state index is -0.445. The number of aryl methyl sites for hydroxylation is 1. The normalized spacial score (nSPS) is 9.68. The average Bonchev–Trinajstić information content (AvgIpc) is 2.39. The van der Waals surface area contributed by atoms with E-state index in [2.05, 4.69) is 4.98 Å². The summed E-state index contributed by atoms with van der Waals surface area (Å²) in [6.07, 6.45) is 1.40. The molecule has 0 amide bonds. The van der Waals surface area contributed by atoms with Crippen LogP contribution in [0.2, 0.25) is 0 Å². The highest BCUT2D eigenvalue weighted by Crippen LogP contribution is 2.26. The van der Waals surface area contributed by atoms with E-state index in [1.54, 1.807) is 25.1 Å². The summed E-state index contributed by atoms with van der Waals surface area (Å²) in [6, 6.07) is 9.56. The number of rotatable bonds is 3. The summed E-state index contributed by atoms with van der Waals surface area (Å²) in [7, 11) is 0. The Bertz CT molecular complexity index is 660. The first-order valence-corrected chi connectivity index (χ1v) is 5.39. The van der Waals surface area contributed by atoms with Crippen LogP contribution >= 0.6 is 0 Å². The minimum absolute atomic E-state index is 0.0418. The van der Waals surface area contributed by atoms with Gasteiger partial charge in [0.25, 0.3) is 5.69 Å². The number of nitro groups is 1. The highest BCUT2D eigenvalue weighted by Gasteiger charge is 2.11. The first kappa shape index (κ1) is 12.5. The van der Waals surface area contributed by atoms with E-state index in [1.165, 1.54) is 18.3 Å². The Morgan fingerprint density at radius 3 is 2.68 bits per heavy atom. The van der Waals surface area contributed by atoms with E-state index >= 15 is 0 Å². The second-order valence-corrected chi connectivity index (χ2v) is 3.80. The lowest BCUT2D eigenvalue weighted by molar-refractivity contribution is -0.385. The van der Waals surface area contributed by atoms with Crippen LogP contribution in [-0.2, 0) is 0 Å². The molecule has 0 spiro atoms. The van der Waals surface area contributed by atoms with Crippen LogP contribution in [0.15, 0.2) is 36.5 Å². The van der Waals surface area contributed by atoms with Crippen molar-refractivity contribution >= 4 is 5.69 Å². The highest BCUT2D eigenvalue weighted by atomic mass is 16.6. The molecule has 2 aromatic rings. The van der Waals surface area contributed by atoms with Crippen LogP contribution in [-0.4, -0.2) is 9.91 Å². The van der Waals surface area contributed by atoms with Gasteiger partial charge in [-0.15, -0.1) is 0 Å². The van der Waals surface area contributed by atoms with Crippen molar-refractivity contribution in [2.75, 3.05) is 0 Å². The second-order valence-electron chi connectivity index (χ2n) is 3.80. The summed E-state index contributed by atoms with van der Waals surface area (Å²) in [4.78, 5) is 14.2. The first-order valence-electron chi connectivity index (χ1n) is 5.39. The molecule has 0 saturated heterocycles. The van der Waals surface area contributed by atoms with Crippen LogP contribution in [0.5, 0.6) is 11.6 Å². The van der Waals surface area contributed by atoms with E-state index in [1.807, 2.05) is 6.07 Å². The SMILES string of the molecule is Cc1cc(Oc2ccc(C#N)cn2)ccc1[N+](=O)[O-]. The number of nitriles is 1. The van der Waals surface area contributed by atoms with Gasteiger partial charge in [-0.3, -0.25) is 10.1 Å². The summed E-state index contributed by atoms with van der Waals surface area (Å²) >= 11 is 0. The van der Waals surface area contributed by atoms with Gasteiger partial charge in [-0.2, -0.15) is 5.26 Å². The van der Waals surface area contributed by atoms with Crippen LogP contribution in [0, 0.1) is 28.4 Å². The number of hydrogen-bond donors (Lipinski definition) is 0. The lowest BCUT2D eigenvalue weighted by atomic mass is 10.2. The zero-order chi connectivity index (χ0) is 13.8. The van der Waals surface area contributed by atoms with Crippen LogP contribution in [0.1, 0.15) is 11.1 Å². The maximum Gasteiger partial charge on any atom is 0.272 e. The van der Waals surface area contributed by atoms with E-state index in [0.717, 1.165) is 0 Å². The third-order valence-corrected chi connectivity index (χ3v) is 2.45. The van der Waals surface area contributed by atoms with Crippen molar-refractivity contribution in [1.29, 1.82) is 5.26 Å². The largest absolute Gasteiger partial charge is 0.439 e. The van der Waals surface area contributed by atoms with Gasteiger partial charge in [0.05, 0.1) is 10.5 Å². The Labute approximate surface area is 109 Å². The molecule has 0 aliphatic rings. The van der Waals surface area contributed by atoms with Crippen molar-refractivity contribution in [3.8, 4) is 17.7 Å². The van der Waals surface area contributed by atoms with Crippen molar-refractivity contribution in [3.63, 3.8) is 0 Å². The monoisotopic (exact) mass is 255 g/mol. The van der Waals surface area contributed by atoms with E-state index < -0.39 is 4.92 Å². The van der Waals surface area contributed by atoms with Crippen molar-refractivity contribution in [1.82, 2.24) is 4.98 Å². The van der Waals surface area contributed by atoms with Gasteiger partial charge in [0, 0.05) is 23.9 Å². The van der Waals surface area contributed by atoms with Crippen LogP contribution in [0.4, 0.5) is 5.69 Å². The lowest BCUT2D eigenvalue weighted by Gasteiger charge is -2.05. The Hall–Kier alpha value is -2.94. The predicted octanol–water partition coefficient (Wildman–Crippen LogP) is 2.96. The summed E-state index contributed by atoms with van der Waals surface area (Å²) in [5.41, 5.74) is 0.989. The summed E-state index contributed by atoms with van der Waals surface area (Å²) in [6.45, 7) is 1.64. The molecule has 0 bridgehead atoms. The Balaban J connectivity index is 2.21. The molecule has 0 aliphatic heterocycles. The molecule has 0 aliphatic carbocycles. The molecule has 19 heavy (non-hydrogen) atoms. The number of benzene rings is 1. The van der Waals surface area contributed by atoms with Gasteiger partial charge in [0.15, 0.2) is 0 Å².